The Labute approximate surface area is 49.3 Å². The van der Waals surface area contributed by atoms with Gasteiger partial charge in [-0.05, 0) is 0 Å². The number of hydroxylamine groups is 2. The van der Waals surface area contributed by atoms with E-state index in [0.29, 0.717) is 11.6 Å². The van der Waals surface area contributed by atoms with Crippen molar-refractivity contribution < 1.29 is 5.06 Å². The lowest BCUT2D eigenvalue weighted by Gasteiger charge is -2.30. The summed E-state index contributed by atoms with van der Waals surface area (Å²) < 4.78 is 0. The molecule has 1 heterocycles. The van der Waals surface area contributed by atoms with Gasteiger partial charge in [0.05, 0.1) is 13.1 Å². The standard InChI is InChI=1S/C5H12N2O/c1-5(2)6-3-4-7(5)8/h6-7H,3-4H2,1-2H3. The van der Waals surface area contributed by atoms with E-state index in [4.69, 9.17) is 0 Å². The number of quaternary nitrogens is 1. The van der Waals surface area contributed by atoms with E-state index >= 15 is 0 Å². The van der Waals surface area contributed by atoms with Crippen molar-refractivity contribution in [1.29, 1.82) is 0 Å². The zero-order chi connectivity index (χ0) is 6.20. The van der Waals surface area contributed by atoms with Crippen molar-refractivity contribution >= 4 is 0 Å². The van der Waals surface area contributed by atoms with Gasteiger partial charge in [-0.2, -0.15) is 0 Å². The quantitative estimate of drug-likeness (QED) is 0.386. The molecule has 0 aromatic heterocycles. The minimum Gasteiger partial charge on any atom is -0.633 e. The summed E-state index contributed by atoms with van der Waals surface area (Å²) in [4.78, 5) is 0. The first-order chi connectivity index (χ1) is 3.63. The molecule has 0 aliphatic carbocycles. The van der Waals surface area contributed by atoms with Crippen LogP contribution in [-0.4, -0.2) is 18.8 Å². The van der Waals surface area contributed by atoms with Gasteiger partial charge in [0.15, 0.2) is 0 Å². The third-order valence-corrected chi connectivity index (χ3v) is 1.62. The Morgan fingerprint density at radius 2 is 2.25 bits per heavy atom. The van der Waals surface area contributed by atoms with E-state index in [1.54, 1.807) is 0 Å². The second-order valence-corrected chi connectivity index (χ2v) is 2.72. The lowest BCUT2D eigenvalue weighted by atomic mass is 10.3. The van der Waals surface area contributed by atoms with Crippen LogP contribution in [0.1, 0.15) is 13.8 Å². The number of nitrogens with one attached hydrogen (secondary N) is 2. The van der Waals surface area contributed by atoms with Crippen LogP contribution in [0, 0.1) is 5.21 Å². The zero-order valence-electron chi connectivity index (χ0n) is 5.32. The maximum atomic E-state index is 10.8. The molecule has 0 bridgehead atoms. The molecule has 8 heavy (non-hydrogen) atoms. The number of hydrogen-bond donors (Lipinski definition) is 2. The summed E-state index contributed by atoms with van der Waals surface area (Å²) in [7, 11) is 0. The third-order valence-electron chi connectivity index (χ3n) is 1.62. The van der Waals surface area contributed by atoms with Crippen molar-refractivity contribution in [3.63, 3.8) is 0 Å². The maximum Gasteiger partial charge on any atom is 0.145 e. The molecule has 2 N–H and O–H groups in total. The predicted octanol–water partition coefficient (Wildman–Crippen LogP) is -1.29. The summed E-state index contributed by atoms with van der Waals surface area (Å²) >= 11 is 0. The van der Waals surface area contributed by atoms with E-state index in [2.05, 4.69) is 5.32 Å². The Bertz CT molecular complexity index is 92.4. The van der Waals surface area contributed by atoms with Crippen LogP contribution in [0.15, 0.2) is 0 Å². The maximum absolute atomic E-state index is 10.8. The molecule has 0 aromatic carbocycles. The highest BCUT2D eigenvalue weighted by molar-refractivity contribution is 4.68. The summed E-state index contributed by atoms with van der Waals surface area (Å²) in [6.45, 7) is 5.39. The van der Waals surface area contributed by atoms with E-state index in [1.165, 1.54) is 0 Å². The van der Waals surface area contributed by atoms with E-state index in [-0.39, 0.29) is 5.66 Å². The van der Waals surface area contributed by atoms with Gasteiger partial charge >= 0.3 is 0 Å². The van der Waals surface area contributed by atoms with Crippen LogP contribution in [0.4, 0.5) is 0 Å². The van der Waals surface area contributed by atoms with Crippen molar-refractivity contribution in [2.24, 2.45) is 0 Å². The molecule has 1 rings (SSSR count). The van der Waals surface area contributed by atoms with Crippen molar-refractivity contribution in [3.8, 4) is 0 Å². The molecule has 0 aromatic rings. The molecule has 1 atom stereocenters. The Hall–Kier alpha value is -0.120. The number of rotatable bonds is 0. The largest absolute Gasteiger partial charge is 0.633 e. The molecule has 0 saturated carbocycles. The monoisotopic (exact) mass is 116 g/mol. The summed E-state index contributed by atoms with van der Waals surface area (Å²) in [6.07, 6.45) is 0. The summed E-state index contributed by atoms with van der Waals surface area (Å²) in [5.41, 5.74) is -0.236. The molecule has 48 valence electrons. The lowest BCUT2D eigenvalue weighted by Crippen LogP contribution is -3.14. The van der Waals surface area contributed by atoms with E-state index in [0.717, 1.165) is 6.54 Å². The molecular weight excluding hydrogens is 104 g/mol. The first-order valence-corrected chi connectivity index (χ1v) is 2.91. The van der Waals surface area contributed by atoms with E-state index in [1.807, 2.05) is 13.8 Å². The zero-order valence-corrected chi connectivity index (χ0v) is 5.32. The molecular formula is C5H12N2O. The van der Waals surface area contributed by atoms with Gasteiger partial charge < -0.3 is 10.3 Å². The highest BCUT2D eigenvalue weighted by Gasteiger charge is 2.29. The normalized spacial score (nSPS) is 35.6. The number of hydrogen-bond acceptors (Lipinski definition) is 2. The van der Waals surface area contributed by atoms with Crippen LogP contribution in [0.5, 0.6) is 0 Å². The Morgan fingerprint density at radius 1 is 1.62 bits per heavy atom. The molecule has 3 nitrogen and oxygen atoms in total. The lowest BCUT2D eigenvalue weighted by molar-refractivity contribution is -0.887. The molecule has 1 saturated heterocycles. The van der Waals surface area contributed by atoms with Crippen molar-refractivity contribution in [3.05, 3.63) is 5.21 Å². The average molecular weight is 116 g/mol. The van der Waals surface area contributed by atoms with Gasteiger partial charge in [0, 0.05) is 13.8 Å². The highest BCUT2D eigenvalue weighted by atomic mass is 16.5. The Kier molecular flexibility index (Phi) is 1.27. The van der Waals surface area contributed by atoms with Gasteiger partial charge in [0.2, 0.25) is 0 Å². The van der Waals surface area contributed by atoms with Gasteiger partial charge in [-0.1, -0.05) is 0 Å². The summed E-state index contributed by atoms with van der Waals surface area (Å²) in [6, 6.07) is 0. The topological polar surface area (TPSA) is 39.5 Å². The van der Waals surface area contributed by atoms with Gasteiger partial charge in [0.1, 0.15) is 5.66 Å². The van der Waals surface area contributed by atoms with E-state index < -0.39 is 0 Å². The van der Waals surface area contributed by atoms with Crippen LogP contribution in [0.25, 0.3) is 0 Å². The Morgan fingerprint density at radius 3 is 2.38 bits per heavy atom. The minimum absolute atomic E-state index is 0.236. The van der Waals surface area contributed by atoms with Crippen molar-refractivity contribution in [1.82, 2.24) is 5.32 Å². The predicted molar refractivity (Wildman–Crippen MR) is 31.3 cm³/mol. The van der Waals surface area contributed by atoms with Crippen LogP contribution in [0.2, 0.25) is 0 Å². The first-order valence-electron chi connectivity index (χ1n) is 2.91. The highest BCUT2D eigenvalue weighted by Crippen LogP contribution is 1.92. The van der Waals surface area contributed by atoms with Gasteiger partial charge in [0.25, 0.3) is 0 Å². The Balaban J connectivity index is 2.54. The fourth-order valence-corrected chi connectivity index (χ4v) is 0.900. The average Bonchev–Trinajstić information content (AvgIpc) is 1.86. The minimum atomic E-state index is -0.236. The third kappa shape index (κ3) is 0.844. The molecule has 1 aliphatic rings. The molecule has 1 aliphatic heterocycles. The van der Waals surface area contributed by atoms with Crippen LogP contribution >= 0.6 is 0 Å². The second kappa shape index (κ2) is 1.69. The molecule has 0 radical (unpaired) electrons. The van der Waals surface area contributed by atoms with Crippen LogP contribution < -0.4 is 10.4 Å². The van der Waals surface area contributed by atoms with Crippen molar-refractivity contribution in [2.75, 3.05) is 13.1 Å². The SMILES string of the molecule is CC1(C)NCC[NH+]1[O-]. The summed E-state index contributed by atoms with van der Waals surface area (Å²) in [5.74, 6) is 0. The molecule has 0 spiro atoms. The van der Waals surface area contributed by atoms with Crippen LogP contribution in [0.3, 0.4) is 0 Å². The molecule has 1 fully saturated rings. The fourth-order valence-electron chi connectivity index (χ4n) is 0.900. The second-order valence-electron chi connectivity index (χ2n) is 2.72. The smallest absolute Gasteiger partial charge is 0.145 e. The van der Waals surface area contributed by atoms with Gasteiger partial charge in [-0.15, -0.1) is 0 Å². The molecule has 3 heteroatoms. The van der Waals surface area contributed by atoms with Crippen LogP contribution in [-0.2, 0) is 0 Å². The fraction of sp³-hybridized carbons (Fsp3) is 1.00. The van der Waals surface area contributed by atoms with E-state index in [9.17, 15) is 5.21 Å². The molecule has 0 amide bonds. The molecule has 1 unspecified atom stereocenters. The van der Waals surface area contributed by atoms with Crippen molar-refractivity contribution in [2.45, 2.75) is 19.5 Å². The first kappa shape index (κ1) is 6.01. The summed E-state index contributed by atoms with van der Waals surface area (Å²) in [5, 5.41) is 14.3. The van der Waals surface area contributed by atoms with Gasteiger partial charge in [-0.3, -0.25) is 5.32 Å². The van der Waals surface area contributed by atoms with Gasteiger partial charge in [-0.25, -0.2) is 0 Å².